The number of hydrogen-bond acceptors (Lipinski definition) is 2. The van der Waals surface area contributed by atoms with Gasteiger partial charge >= 0.3 is 0 Å². The summed E-state index contributed by atoms with van der Waals surface area (Å²) in [6, 6.07) is 0. The van der Waals surface area contributed by atoms with E-state index in [1.54, 1.807) is 0 Å². The highest BCUT2D eigenvalue weighted by Crippen LogP contribution is 2.38. The summed E-state index contributed by atoms with van der Waals surface area (Å²) < 4.78 is 6.37. The molecular formula is C18H37NO. The normalized spacial score (nSPS) is 28.1. The maximum atomic E-state index is 6.37. The van der Waals surface area contributed by atoms with Gasteiger partial charge in [-0.25, -0.2) is 0 Å². The fourth-order valence-corrected chi connectivity index (χ4v) is 3.06. The van der Waals surface area contributed by atoms with Crippen molar-refractivity contribution in [3.63, 3.8) is 0 Å². The molecule has 0 radical (unpaired) electrons. The van der Waals surface area contributed by atoms with Crippen LogP contribution in [0.5, 0.6) is 0 Å². The van der Waals surface area contributed by atoms with Gasteiger partial charge in [0, 0.05) is 18.7 Å². The summed E-state index contributed by atoms with van der Waals surface area (Å²) in [5.41, 5.74) is 0.268. The SMILES string of the molecule is CCCCOC1(CNC(C)(C)C)CCC(C(C)C)CC1. The second-order valence-corrected chi connectivity index (χ2v) is 8.07. The van der Waals surface area contributed by atoms with Gasteiger partial charge in [-0.1, -0.05) is 27.2 Å². The minimum atomic E-state index is 0.0911. The van der Waals surface area contributed by atoms with Crippen molar-refractivity contribution in [2.75, 3.05) is 13.2 Å². The summed E-state index contributed by atoms with van der Waals surface area (Å²) in [6.07, 6.45) is 7.51. The summed E-state index contributed by atoms with van der Waals surface area (Å²) in [5.74, 6) is 1.71. The Hall–Kier alpha value is -0.0800. The first-order chi connectivity index (χ1) is 9.28. The molecule has 0 aromatic heterocycles. The van der Waals surface area contributed by atoms with E-state index < -0.39 is 0 Å². The quantitative estimate of drug-likeness (QED) is 0.679. The molecule has 0 unspecified atom stereocenters. The smallest absolute Gasteiger partial charge is 0.0806 e. The summed E-state index contributed by atoms with van der Waals surface area (Å²) in [5, 5.41) is 3.68. The van der Waals surface area contributed by atoms with Gasteiger partial charge in [0.05, 0.1) is 5.60 Å². The van der Waals surface area contributed by atoms with E-state index in [1.807, 2.05) is 0 Å². The molecule has 1 saturated carbocycles. The standard InChI is InChI=1S/C18H37NO/c1-7-8-13-20-18(14-19-17(4,5)6)11-9-16(10-12-18)15(2)3/h15-16,19H,7-14H2,1-6H3. The maximum Gasteiger partial charge on any atom is 0.0806 e. The number of ether oxygens (including phenoxy) is 1. The molecule has 0 saturated heterocycles. The van der Waals surface area contributed by atoms with Crippen LogP contribution in [0.4, 0.5) is 0 Å². The van der Waals surface area contributed by atoms with Crippen molar-refractivity contribution >= 4 is 0 Å². The Kier molecular flexibility index (Phi) is 7.00. The number of rotatable bonds is 7. The fraction of sp³-hybridized carbons (Fsp3) is 1.00. The van der Waals surface area contributed by atoms with Gasteiger partial charge < -0.3 is 10.1 Å². The first-order valence-corrected chi connectivity index (χ1v) is 8.67. The predicted molar refractivity (Wildman–Crippen MR) is 88.1 cm³/mol. The van der Waals surface area contributed by atoms with Crippen LogP contribution >= 0.6 is 0 Å². The molecule has 0 spiro atoms. The zero-order valence-electron chi connectivity index (χ0n) is 14.7. The largest absolute Gasteiger partial charge is 0.374 e. The molecule has 0 bridgehead atoms. The van der Waals surface area contributed by atoms with Gasteiger partial charge in [-0.05, 0) is 64.7 Å². The molecule has 0 amide bonds. The van der Waals surface area contributed by atoms with Crippen LogP contribution in [0.1, 0.15) is 80.1 Å². The Labute approximate surface area is 127 Å². The minimum Gasteiger partial charge on any atom is -0.374 e. The van der Waals surface area contributed by atoms with E-state index in [4.69, 9.17) is 4.74 Å². The minimum absolute atomic E-state index is 0.0911. The number of unbranched alkanes of at least 4 members (excludes halogenated alkanes) is 1. The molecule has 0 aromatic carbocycles. The molecular weight excluding hydrogens is 246 g/mol. The van der Waals surface area contributed by atoms with Crippen molar-refractivity contribution in [1.29, 1.82) is 0 Å². The Morgan fingerprint density at radius 3 is 2.25 bits per heavy atom. The molecule has 0 atom stereocenters. The van der Waals surface area contributed by atoms with Gasteiger partial charge in [0.1, 0.15) is 0 Å². The highest BCUT2D eigenvalue weighted by Gasteiger charge is 2.37. The van der Waals surface area contributed by atoms with Crippen molar-refractivity contribution < 1.29 is 4.74 Å². The van der Waals surface area contributed by atoms with Gasteiger partial charge in [-0.2, -0.15) is 0 Å². The molecule has 0 aromatic rings. The first kappa shape index (κ1) is 18.0. The Bertz CT molecular complexity index is 259. The summed E-state index contributed by atoms with van der Waals surface area (Å²) >= 11 is 0. The Balaban J connectivity index is 2.57. The lowest BCUT2D eigenvalue weighted by Gasteiger charge is -2.43. The molecule has 1 aliphatic rings. The number of hydrogen-bond donors (Lipinski definition) is 1. The van der Waals surface area contributed by atoms with Crippen molar-refractivity contribution in [3.8, 4) is 0 Å². The molecule has 2 heteroatoms. The van der Waals surface area contributed by atoms with Crippen LogP contribution in [0.25, 0.3) is 0 Å². The Morgan fingerprint density at radius 1 is 1.20 bits per heavy atom. The summed E-state index contributed by atoms with van der Waals surface area (Å²) in [4.78, 5) is 0. The van der Waals surface area contributed by atoms with Crippen LogP contribution in [-0.2, 0) is 4.74 Å². The molecule has 0 aliphatic heterocycles. The zero-order chi connectivity index (χ0) is 15.2. The van der Waals surface area contributed by atoms with Gasteiger partial charge in [0.25, 0.3) is 0 Å². The van der Waals surface area contributed by atoms with Crippen LogP contribution in [0.2, 0.25) is 0 Å². The van der Waals surface area contributed by atoms with Crippen molar-refractivity contribution in [2.45, 2.75) is 91.2 Å². The lowest BCUT2D eigenvalue weighted by Crippen LogP contribution is -2.51. The lowest BCUT2D eigenvalue weighted by atomic mass is 9.74. The fourth-order valence-electron chi connectivity index (χ4n) is 3.06. The lowest BCUT2D eigenvalue weighted by molar-refractivity contribution is -0.0829. The average molecular weight is 284 g/mol. The molecule has 120 valence electrons. The first-order valence-electron chi connectivity index (χ1n) is 8.67. The molecule has 1 fully saturated rings. The highest BCUT2D eigenvalue weighted by molar-refractivity contribution is 4.91. The molecule has 1 aliphatic carbocycles. The third kappa shape index (κ3) is 6.13. The van der Waals surface area contributed by atoms with Crippen molar-refractivity contribution in [2.24, 2.45) is 11.8 Å². The van der Waals surface area contributed by atoms with Crippen LogP contribution in [0.3, 0.4) is 0 Å². The number of nitrogens with one attached hydrogen (secondary N) is 1. The van der Waals surface area contributed by atoms with E-state index in [2.05, 4.69) is 46.9 Å². The van der Waals surface area contributed by atoms with Crippen LogP contribution < -0.4 is 5.32 Å². The van der Waals surface area contributed by atoms with Crippen LogP contribution in [0, 0.1) is 11.8 Å². The molecule has 0 heterocycles. The van der Waals surface area contributed by atoms with E-state index in [-0.39, 0.29) is 11.1 Å². The average Bonchev–Trinajstić information content (AvgIpc) is 2.37. The van der Waals surface area contributed by atoms with Gasteiger partial charge in [-0.15, -0.1) is 0 Å². The molecule has 2 nitrogen and oxygen atoms in total. The van der Waals surface area contributed by atoms with E-state index >= 15 is 0 Å². The predicted octanol–water partition coefficient (Wildman–Crippen LogP) is 4.78. The van der Waals surface area contributed by atoms with Crippen molar-refractivity contribution in [1.82, 2.24) is 5.32 Å². The third-order valence-electron chi connectivity index (χ3n) is 4.73. The second-order valence-electron chi connectivity index (χ2n) is 8.07. The molecule has 1 N–H and O–H groups in total. The van der Waals surface area contributed by atoms with Crippen LogP contribution in [0.15, 0.2) is 0 Å². The summed E-state index contributed by atoms with van der Waals surface area (Å²) in [6.45, 7) is 15.6. The Morgan fingerprint density at radius 2 is 1.80 bits per heavy atom. The summed E-state index contributed by atoms with van der Waals surface area (Å²) in [7, 11) is 0. The molecule has 20 heavy (non-hydrogen) atoms. The van der Waals surface area contributed by atoms with Gasteiger partial charge in [0.15, 0.2) is 0 Å². The topological polar surface area (TPSA) is 21.3 Å². The van der Waals surface area contributed by atoms with E-state index in [1.165, 1.54) is 38.5 Å². The second kappa shape index (κ2) is 7.79. The van der Waals surface area contributed by atoms with E-state index in [9.17, 15) is 0 Å². The third-order valence-corrected chi connectivity index (χ3v) is 4.73. The van der Waals surface area contributed by atoms with Gasteiger partial charge in [-0.3, -0.25) is 0 Å². The zero-order valence-corrected chi connectivity index (χ0v) is 14.7. The van der Waals surface area contributed by atoms with Crippen molar-refractivity contribution in [3.05, 3.63) is 0 Å². The van der Waals surface area contributed by atoms with Gasteiger partial charge in [0.2, 0.25) is 0 Å². The highest BCUT2D eigenvalue weighted by atomic mass is 16.5. The monoisotopic (exact) mass is 283 g/mol. The van der Waals surface area contributed by atoms with E-state index in [0.29, 0.717) is 0 Å². The van der Waals surface area contributed by atoms with E-state index in [0.717, 1.165) is 25.0 Å². The molecule has 1 rings (SSSR count). The van der Waals surface area contributed by atoms with Crippen LogP contribution in [-0.4, -0.2) is 24.3 Å². The maximum absolute atomic E-state index is 6.37.